The molecule has 0 aromatic heterocycles. The third kappa shape index (κ3) is 3.30. The average molecular weight is 355 g/mol. The molecule has 122 valence electrons. The number of rotatable bonds is 4. The number of aryl methyl sites for hydroxylation is 2. The van der Waals surface area contributed by atoms with Crippen LogP contribution < -0.4 is 4.31 Å². The van der Waals surface area contributed by atoms with Gasteiger partial charge in [-0.1, -0.05) is 23.7 Å². The summed E-state index contributed by atoms with van der Waals surface area (Å²) >= 11 is 6.04. The van der Waals surface area contributed by atoms with Gasteiger partial charge >= 0.3 is 0 Å². The Labute approximate surface area is 139 Å². The van der Waals surface area contributed by atoms with E-state index in [1.54, 1.807) is 25.1 Å². The fraction of sp³-hybridized carbons (Fsp3) is 0.200. The summed E-state index contributed by atoms with van der Waals surface area (Å²) in [6, 6.07) is 8.64. The molecule has 0 spiro atoms. The van der Waals surface area contributed by atoms with Crippen molar-refractivity contribution < 1.29 is 13.3 Å². The summed E-state index contributed by atoms with van der Waals surface area (Å²) in [6.07, 6.45) is 0. The third-order valence-corrected chi connectivity index (χ3v) is 5.87. The minimum absolute atomic E-state index is 0.106. The van der Waals surface area contributed by atoms with Crippen molar-refractivity contribution in [2.75, 3.05) is 11.4 Å². The van der Waals surface area contributed by atoms with Crippen molar-refractivity contribution in [1.82, 2.24) is 0 Å². The Hall–Kier alpha value is -2.12. The number of hydrogen-bond acceptors (Lipinski definition) is 4. The second-order valence-electron chi connectivity index (χ2n) is 5.11. The maximum atomic E-state index is 12.8. The molecule has 2 aromatic rings. The summed E-state index contributed by atoms with van der Waals surface area (Å²) in [6.45, 7) is 3.40. The lowest BCUT2D eigenvalue weighted by atomic mass is 10.2. The van der Waals surface area contributed by atoms with Crippen molar-refractivity contribution in [3.8, 4) is 0 Å². The molecular formula is C15H15ClN2O4S. The maximum absolute atomic E-state index is 12.8. The van der Waals surface area contributed by atoms with Crippen LogP contribution in [0.25, 0.3) is 0 Å². The summed E-state index contributed by atoms with van der Waals surface area (Å²) in [7, 11) is -2.55. The molecular weight excluding hydrogens is 340 g/mol. The molecule has 0 fully saturated rings. The number of benzene rings is 2. The van der Waals surface area contributed by atoms with Crippen molar-refractivity contribution in [2.45, 2.75) is 18.7 Å². The highest BCUT2D eigenvalue weighted by Gasteiger charge is 2.25. The summed E-state index contributed by atoms with van der Waals surface area (Å²) in [4.78, 5) is 10.2. The zero-order valence-electron chi connectivity index (χ0n) is 12.8. The number of nitrogens with zero attached hydrogens (tertiary/aromatic N) is 2. The molecule has 0 N–H and O–H groups in total. The van der Waals surface area contributed by atoms with Gasteiger partial charge < -0.3 is 0 Å². The first-order valence-corrected chi connectivity index (χ1v) is 8.46. The Kier molecular flexibility index (Phi) is 4.63. The Balaban J connectivity index is 2.55. The van der Waals surface area contributed by atoms with Crippen LogP contribution in [0, 0.1) is 24.0 Å². The van der Waals surface area contributed by atoms with Crippen molar-refractivity contribution in [1.29, 1.82) is 0 Å². The van der Waals surface area contributed by atoms with Gasteiger partial charge in [0.2, 0.25) is 0 Å². The lowest BCUT2D eigenvalue weighted by Crippen LogP contribution is -2.27. The monoisotopic (exact) mass is 354 g/mol. The van der Waals surface area contributed by atoms with Gasteiger partial charge in [0.15, 0.2) is 0 Å². The third-order valence-electron chi connectivity index (χ3n) is 3.54. The molecule has 0 radical (unpaired) electrons. The molecule has 0 saturated heterocycles. The lowest BCUT2D eigenvalue weighted by molar-refractivity contribution is -0.385. The van der Waals surface area contributed by atoms with Gasteiger partial charge in [-0.05, 0) is 37.1 Å². The minimum Gasteiger partial charge on any atom is -0.269 e. The largest absolute Gasteiger partial charge is 0.270 e. The van der Waals surface area contributed by atoms with Crippen LogP contribution in [0.5, 0.6) is 0 Å². The van der Waals surface area contributed by atoms with Crippen LogP contribution in [0.15, 0.2) is 41.3 Å². The van der Waals surface area contributed by atoms with Crippen molar-refractivity contribution >= 4 is 33.0 Å². The van der Waals surface area contributed by atoms with Crippen molar-refractivity contribution in [3.05, 3.63) is 62.7 Å². The molecule has 0 aliphatic rings. The molecule has 0 aliphatic heterocycles. The van der Waals surface area contributed by atoms with E-state index in [0.717, 1.165) is 15.9 Å². The number of non-ortho nitro benzene ring substituents is 1. The highest BCUT2D eigenvalue weighted by atomic mass is 35.5. The van der Waals surface area contributed by atoms with Gasteiger partial charge in [0.1, 0.15) is 0 Å². The minimum atomic E-state index is -3.94. The summed E-state index contributed by atoms with van der Waals surface area (Å²) in [5.74, 6) is 0. The van der Waals surface area contributed by atoms with Crippen LogP contribution in [0.4, 0.5) is 11.4 Å². The van der Waals surface area contributed by atoms with Crippen molar-refractivity contribution in [3.63, 3.8) is 0 Å². The highest BCUT2D eigenvalue weighted by Crippen LogP contribution is 2.29. The normalized spacial score (nSPS) is 11.3. The van der Waals surface area contributed by atoms with Gasteiger partial charge in [0.05, 0.1) is 15.5 Å². The smallest absolute Gasteiger partial charge is 0.269 e. The van der Waals surface area contributed by atoms with E-state index in [2.05, 4.69) is 0 Å². The number of nitro benzene ring substituents is 1. The number of hydrogen-bond donors (Lipinski definition) is 0. The number of sulfonamides is 1. The molecule has 0 saturated carbocycles. The van der Waals surface area contributed by atoms with E-state index in [4.69, 9.17) is 11.6 Å². The molecule has 0 heterocycles. The molecule has 0 bridgehead atoms. The second kappa shape index (κ2) is 6.17. The molecule has 2 aromatic carbocycles. The summed E-state index contributed by atoms with van der Waals surface area (Å²) < 4.78 is 26.6. The van der Waals surface area contributed by atoms with Crippen LogP contribution in [0.1, 0.15) is 11.1 Å². The molecule has 8 heteroatoms. The van der Waals surface area contributed by atoms with E-state index in [-0.39, 0.29) is 10.6 Å². The first kappa shape index (κ1) is 17.2. The first-order valence-electron chi connectivity index (χ1n) is 6.64. The maximum Gasteiger partial charge on any atom is 0.270 e. The van der Waals surface area contributed by atoms with Gasteiger partial charge in [-0.15, -0.1) is 0 Å². The molecule has 6 nitrogen and oxygen atoms in total. The van der Waals surface area contributed by atoms with Gasteiger partial charge in [-0.3, -0.25) is 14.4 Å². The Morgan fingerprint density at radius 1 is 1.09 bits per heavy atom. The fourth-order valence-corrected chi connectivity index (χ4v) is 3.65. The predicted octanol–water partition coefficient (Wildman–Crippen LogP) is 3.69. The van der Waals surface area contributed by atoms with Gasteiger partial charge in [0, 0.05) is 24.2 Å². The Morgan fingerprint density at radius 2 is 1.70 bits per heavy atom. The van der Waals surface area contributed by atoms with E-state index in [1.165, 1.54) is 19.2 Å². The molecule has 2 rings (SSSR count). The van der Waals surface area contributed by atoms with E-state index >= 15 is 0 Å². The van der Waals surface area contributed by atoms with Gasteiger partial charge in [0.25, 0.3) is 15.7 Å². The topological polar surface area (TPSA) is 80.5 Å². The Morgan fingerprint density at radius 3 is 2.26 bits per heavy atom. The predicted molar refractivity (Wildman–Crippen MR) is 89.6 cm³/mol. The van der Waals surface area contributed by atoms with E-state index in [1.807, 2.05) is 6.92 Å². The number of anilines is 1. The molecule has 23 heavy (non-hydrogen) atoms. The van der Waals surface area contributed by atoms with Crippen LogP contribution in [-0.2, 0) is 10.0 Å². The van der Waals surface area contributed by atoms with E-state index < -0.39 is 14.9 Å². The fourth-order valence-electron chi connectivity index (χ4n) is 2.04. The van der Waals surface area contributed by atoms with Gasteiger partial charge in [-0.25, -0.2) is 8.42 Å². The Bertz CT molecular complexity index is 881. The van der Waals surface area contributed by atoms with E-state index in [9.17, 15) is 18.5 Å². The zero-order chi connectivity index (χ0) is 17.4. The van der Waals surface area contributed by atoms with Crippen molar-refractivity contribution in [2.24, 2.45) is 0 Å². The summed E-state index contributed by atoms with van der Waals surface area (Å²) in [5.41, 5.74) is 1.37. The SMILES string of the molecule is Cc1ccc(N(C)S(=O)(=O)c2cc([N+](=O)[O-])ccc2C)cc1Cl. The first-order chi connectivity index (χ1) is 10.6. The second-order valence-corrected chi connectivity index (χ2v) is 7.46. The van der Waals surface area contributed by atoms with E-state index in [0.29, 0.717) is 16.3 Å². The summed E-state index contributed by atoms with van der Waals surface area (Å²) in [5, 5.41) is 11.3. The standard InChI is InChI=1S/C15H15ClN2O4S/c1-10-4-6-12(8-14(10)16)17(3)23(21,22)15-9-13(18(19)20)7-5-11(15)2/h4-9H,1-3H3. The van der Waals surface area contributed by atoms with Crippen LogP contribution in [0.3, 0.4) is 0 Å². The number of nitro groups is 1. The molecule has 0 unspecified atom stereocenters. The lowest BCUT2D eigenvalue weighted by Gasteiger charge is -2.21. The molecule has 0 atom stereocenters. The number of halogens is 1. The van der Waals surface area contributed by atoms with Crippen LogP contribution >= 0.6 is 11.6 Å². The van der Waals surface area contributed by atoms with Gasteiger partial charge in [-0.2, -0.15) is 0 Å². The molecule has 0 amide bonds. The van der Waals surface area contributed by atoms with Crippen LogP contribution in [-0.4, -0.2) is 20.4 Å². The highest BCUT2D eigenvalue weighted by molar-refractivity contribution is 7.92. The molecule has 0 aliphatic carbocycles. The quantitative estimate of drug-likeness (QED) is 0.619. The average Bonchev–Trinajstić information content (AvgIpc) is 2.49. The van der Waals surface area contributed by atoms with Crippen LogP contribution in [0.2, 0.25) is 5.02 Å². The zero-order valence-corrected chi connectivity index (χ0v) is 14.4.